The van der Waals surface area contributed by atoms with Crippen molar-refractivity contribution in [1.82, 2.24) is 5.32 Å². The van der Waals surface area contributed by atoms with E-state index in [1.165, 1.54) is 5.56 Å². The summed E-state index contributed by atoms with van der Waals surface area (Å²) < 4.78 is 0. The van der Waals surface area contributed by atoms with Crippen LogP contribution in [0.4, 0.5) is 4.79 Å². The average Bonchev–Trinajstić information content (AvgIpc) is 2.18. The fraction of sp³-hybridized carbons (Fsp3) is 0.417. The fourth-order valence-electron chi connectivity index (χ4n) is 1.57. The highest BCUT2D eigenvalue weighted by molar-refractivity contribution is 5.71. The van der Waals surface area contributed by atoms with E-state index in [-0.39, 0.29) is 6.04 Å². The molecule has 0 aromatic heterocycles. The predicted octanol–water partition coefficient (Wildman–Crippen LogP) is 2.07. The van der Waals surface area contributed by atoms with Crippen LogP contribution in [0.2, 0.25) is 0 Å². The molecule has 0 aliphatic heterocycles. The number of hydrogen-bond donors (Lipinski definition) is 2. The van der Waals surface area contributed by atoms with Gasteiger partial charge in [0.15, 0.2) is 0 Å². The van der Waals surface area contributed by atoms with Gasteiger partial charge in [0.05, 0.1) is 0 Å². The van der Waals surface area contributed by atoms with Crippen LogP contribution in [0.1, 0.15) is 25.3 Å². The highest BCUT2D eigenvalue weighted by Gasteiger charge is 2.03. The van der Waals surface area contributed by atoms with Crippen LogP contribution < -0.4 is 11.1 Å². The van der Waals surface area contributed by atoms with Crippen molar-refractivity contribution in [3.63, 3.8) is 0 Å². The number of amides is 2. The number of carbonyl (C=O) groups excluding carboxylic acids is 1. The summed E-state index contributed by atoms with van der Waals surface area (Å²) in [6, 6.07) is 10.0. The van der Waals surface area contributed by atoms with E-state index < -0.39 is 6.03 Å². The summed E-state index contributed by atoms with van der Waals surface area (Å²) in [5.41, 5.74) is 6.36. The molecular weight excluding hydrogens is 188 g/mol. The van der Waals surface area contributed by atoms with Crippen molar-refractivity contribution >= 4 is 6.03 Å². The smallest absolute Gasteiger partial charge is 0.312 e. The molecule has 82 valence electrons. The highest BCUT2D eigenvalue weighted by Crippen LogP contribution is 2.06. The monoisotopic (exact) mass is 206 g/mol. The summed E-state index contributed by atoms with van der Waals surface area (Å²) in [5, 5.41) is 2.67. The summed E-state index contributed by atoms with van der Waals surface area (Å²) in [6.07, 6.45) is 3.06. The lowest BCUT2D eigenvalue weighted by Crippen LogP contribution is -2.36. The quantitative estimate of drug-likeness (QED) is 0.761. The molecule has 0 saturated carbocycles. The van der Waals surface area contributed by atoms with Gasteiger partial charge < -0.3 is 11.1 Å². The molecule has 1 aromatic carbocycles. The Balaban J connectivity index is 2.19. The summed E-state index contributed by atoms with van der Waals surface area (Å²) in [7, 11) is 0. The number of aryl methyl sites for hydroxylation is 1. The number of nitrogens with one attached hydrogen (secondary N) is 1. The molecule has 0 bridgehead atoms. The van der Waals surface area contributed by atoms with Gasteiger partial charge >= 0.3 is 6.03 Å². The minimum Gasteiger partial charge on any atom is -0.352 e. The molecule has 1 aromatic rings. The van der Waals surface area contributed by atoms with Gasteiger partial charge in [0.25, 0.3) is 0 Å². The maximum absolute atomic E-state index is 10.6. The van der Waals surface area contributed by atoms with Gasteiger partial charge in [-0.25, -0.2) is 4.79 Å². The standard InChI is InChI=1S/C12H18N2O/c1-10(14-12(13)15)6-5-9-11-7-3-2-4-8-11/h2-4,7-8,10H,5-6,9H2,1H3,(H3,13,14,15). The van der Waals surface area contributed by atoms with Crippen LogP contribution in [-0.2, 0) is 6.42 Å². The third-order valence-corrected chi connectivity index (χ3v) is 2.33. The van der Waals surface area contributed by atoms with E-state index in [1.54, 1.807) is 0 Å². The molecule has 1 rings (SSSR count). The Morgan fingerprint density at radius 1 is 1.40 bits per heavy atom. The van der Waals surface area contributed by atoms with Crippen LogP contribution in [0, 0.1) is 0 Å². The molecule has 0 aliphatic carbocycles. The summed E-state index contributed by atoms with van der Waals surface area (Å²) in [6.45, 7) is 1.97. The maximum Gasteiger partial charge on any atom is 0.312 e. The van der Waals surface area contributed by atoms with Gasteiger partial charge in [-0.05, 0) is 31.7 Å². The Hall–Kier alpha value is -1.51. The topological polar surface area (TPSA) is 55.1 Å². The number of urea groups is 1. The van der Waals surface area contributed by atoms with Crippen molar-refractivity contribution < 1.29 is 4.79 Å². The van der Waals surface area contributed by atoms with E-state index in [1.807, 2.05) is 25.1 Å². The van der Waals surface area contributed by atoms with E-state index in [4.69, 9.17) is 5.73 Å². The predicted molar refractivity (Wildman–Crippen MR) is 61.6 cm³/mol. The zero-order chi connectivity index (χ0) is 11.1. The molecule has 1 atom stereocenters. The first-order valence-corrected chi connectivity index (χ1v) is 5.28. The Morgan fingerprint density at radius 3 is 2.67 bits per heavy atom. The first-order valence-electron chi connectivity index (χ1n) is 5.28. The van der Waals surface area contributed by atoms with E-state index >= 15 is 0 Å². The van der Waals surface area contributed by atoms with Gasteiger partial charge in [-0.2, -0.15) is 0 Å². The average molecular weight is 206 g/mol. The van der Waals surface area contributed by atoms with Crippen molar-refractivity contribution in [2.45, 2.75) is 32.2 Å². The van der Waals surface area contributed by atoms with Crippen molar-refractivity contribution in [2.75, 3.05) is 0 Å². The van der Waals surface area contributed by atoms with Gasteiger partial charge in [-0.3, -0.25) is 0 Å². The lowest BCUT2D eigenvalue weighted by molar-refractivity contribution is 0.245. The van der Waals surface area contributed by atoms with E-state index in [9.17, 15) is 4.79 Å². The Labute approximate surface area is 90.7 Å². The van der Waals surface area contributed by atoms with Crippen molar-refractivity contribution in [2.24, 2.45) is 5.73 Å². The van der Waals surface area contributed by atoms with Gasteiger partial charge in [-0.15, -0.1) is 0 Å². The van der Waals surface area contributed by atoms with Gasteiger partial charge in [0.2, 0.25) is 0 Å². The molecule has 3 heteroatoms. The zero-order valence-electron chi connectivity index (χ0n) is 9.07. The Bertz CT molecular complexity index is 298. The van der Waals surface area contributed by atoms with Crippen LogP contribution in [0.15, 0.2) is 30.3 Å². The molecule has 0 saturated heterocycles. The van der Waals surface area contributed by atoms with E-state index in [2.05, 4.69) is 17.4 Å². The molecule has 0 radical (unpaired) electrons. The Kier molecular flexibility index (Phi) is 4.68. The number of primary amides is 1. The third-order valence-electron chi connectivity index (χ3n) is 2.33. The van der Waals surface area contributed by atoms with Gasteiger partial charge in [0, 0.05) is 6.04 Å². The first-order chi connectivity index (χ1) is 7.18. The number of benzene rings is 1. The van der Waals surface area contributed by atoms with Crippen LogP contribution in [0.25, 0.3) is 0 Å². The molecule has 1 unspecified atom stereocenters. The minimum atomic E-state index is -0.442. The first kappa shape index (κ1) is 11.6. The van der Waals surface area contributed by atoms with Crippen molar-refractivity contribution in [3.05, 3.63) is 35.9 Å². The minimum absolute atomic E-state index is 0.159. The SMILES string of the molecule is CC(CCCc1ccccc1)NC(N)=O. The third kappa shape index (κ3) is 5.05. The molecule has 3 nitrogen and oxygen atoms in total. The van der Waals surface area contributed by atoms with E-state index in [0.29, 0.717) is 0 Å². The second kappa shape index (κ2) is 6.06. The van der Waals surface area contributed by atoms with Crippen LogP contribution in [-0.4, -0.2) is 12.1 Å². The fourth-order valence-corrected chi connectivity index (χ4v) is 1.57. The normalized spacial score (nSPS) is 12.1. The van der Waals surface area contributed by atoms with Crippen LogP contribution in [0.3, 0.4) is 0 Å². The zero-order valence-corrected chi connectivity index (χ0v) is 9.07. The van der Waals surface area contributed by atoms with Crippen LogP contribution in [0.5, 0.6) is 0 Å². The highest BCUT2D eigenvalue weighted by atomic mass is 16.2. The number of carbonyl (C=O) groups is 1. The summed E-state index contributed by atoms with van der Waals surface area (Å²) in [4.78, 5) is 10.6. The van der Waals surface area contributed by atoms with Crippen molar-refractivity contribution in [1.29, 1.82) is 0 Å². The van der Waals surface area contributed by atoms with Gasteiger partial charge in [-0.1, -0.05) is 30.3 Å². The lowest BCUT2D eigenvalue weighted by atomic mass is 10.1. The molecule has 0 fully saturated rings. The molecule has 0 spiro atoms. The molecule has 0 aliphatic rings. The number of rotatable bonds is 5. The second-order valence-electron chi connectivity index (χ2n) is 3.79. The molecular formula is C12H18N2O. The molecule has 3 N–H and O–H groups in total. The summed E-state index contributed by atoms with van der Waals surface area (Å²) in [5.74, 6) is 0. The second-order valence-corrected chi connectivity index (χ2v) is 3.79. The summed E-state index contributed by atoms with van der Waals surface area (Å²) >= 11 is 0. The molecule has 15 heavy (non-hydrogen) atoms. The van der Waals surface area contributed by atoms with Crippen LogP contribution >= 0.6 is 0 Å². The maximum atomic E-state index is 10.6. The Morgan fingerprint density at radius 2 is 2.07 bits per heavy atom. The van der Waals surface area contributed by atoms with Crippen molar-refractivity contribution in [3.8, 4) is 0 Å². The molecule has 2 amide bonds. The molecule has 0 heterocycles. The van der Waals surface area contributed by atoms with Gasteiger partial charge in [0.1, 0.15) is 0 Å². The lowest BCUT2D eigenvalue weighted by Gasteiger charge is -2.11. The van der Waals surface area contributed by atoms with E-state index in [0.717, 1.165) is 19.3 Å². The largest absolute Gasteiger partial charge is 0.352 e. The number of nitrogens with two attached hydrogens (primary N) is 1. The number of hydrogen-bond acceptors (Lipinski definition) is 1.